The first-order valence-corrected chi connectivity index (χ1v) is 6.29. The number of benzene rings is 2. The number of ether oxygens (including phenoxy) is 2. The van der Waals surface area contributed by atoms with Crippen molar-refractivity contribution in [2.45, 2.75) is 6.92 Å². The van der Waals surface area contributed by atoms with Crippen LogP contribution in [0.5, 0.6) is 11.5 Å². The molecule has 0 aromatic heterocycles. The molecule has 108 valence electrons. The quantitative estimate of drug-likeness (QED) is 0.500. The van der Waals surface area contributed by atoms with E-state index in [4.69, 9.17) is 20.9 Å². The van der Waals surface area contributed by atoms with E-state index in [0.29, 0.717) is 28.4 Å². The SMILES string of the molecule is Cc1ccc(N)c(OC=COc2cc(C=O)ccc2N)c1. The van der Waals surface area contributed by atoms with E-state index in [2.05, 4.69) is 0 Å². The third-order valence-electron chi connectivity index (χ3n) is 2.79. The first-order valence-electron chi connectivity index (χ1n) is 6.29. The maximum atomic E-state index is 10.7. The number of nitrogens with two attached hydrogens (primary N) is 2. The maximum absolute atomic E-state index is 10.7. The largest absolute Gasteiger partial charge is 0.460 e. The van der Waals surface area contributed by atoms with Crippen molar-refractivity contribution < 1.29 is 14.3 Å². The molecule has 2 rings (SSSR count). The predicted molar refractivity (Wildman–Crippen MR) is 82.2 cm³/mol. The molecular weight excluding hydrogens is 268 g/mol. The fraction of sp³-hybridized carbons (Fsp3) is 0.0625. The average Bonchev–Trinajstić information content (AvgIpc) is 2.48. The van der Waals surface area contributed by atoms with E-state index in [1.54, 1.807) is 24.3 Å². The molecule has 2 aromatic rings. The van der Waals surface area contributed by atoms with Crippen LogP contribution in [0.3, 0.4) is 0 Å². The molecule has 0 atom stereocenters. The second kappa shape index (κ2) is 6.47. The topological polar surface area (TPSA) is 87.6 Å². The normalized spacial score (nSPS) is 10.5. The minimum atomic E-state index is 0.386. The van der Waals surface area contributed by atoms with Crippen LogP contribution < -0.4 is 20.9 Å². The summed E-state index contributed by atoms with van der Waals surface area (Å²) in [6, 6.07) is 10.3. The summed E-state index contributed by atoms with van der Waals surface area (Å²) in [4.78, 5) is 10.7. The molecule has 4 N–H and O–H groups in total. The van der Waals surface area contributed by atoms with Gasteiger partial charge in [0.05, 0.1) is 11.4 Å². The third-order valence-corrected chi connectivity index (χ3v) is 2.79. The van der Waals surface area contributed by atoms with Gasteiger partial charge in [-0.2, -0.15) is 0 Å². The first kappa shape index (κ1) is 14.5. The Bertz CT molecular complexity index is 681. The summed E-state index contributed by atoms with van der Waals surface area (Å²) in [5.74, 6) is 0.932. The molecule has 0 saturated carbocycles. The zero-order valence-corrected chi connectivity index (χ0v) is 11.6. The molecule has 0 aliphatic carbocycles. The Labute approximate surface area is 122 Å². The van der Waals surface area contributed by atoms with Crippen LogP contribution in [-0.4, -0.2) is 6.29 Å². The predicted octanol–water partition coefficient (Wildman–Crippen LogP) is 2.90. The number of anilines is 2. The van der Waals surface area contributed by atoms with Crippen molar-refractivity contribution in [3.63, 3.8) is 0 Å². The summed E-state index contributed by atoms with van der Waals surface area (Å²) in [6.07, 6.45) is 3.42. The van der Waals surface area contributed by atoms with Crippen molar-refractivity contribution in [3.05, 3.63) is 60.0 Å². The number of hydrogen-bond acceptors (Lipinski definition) is 5. The highest BCUT2D eigenvalue weighted by Crippen LogP contribution is 2.24. The van der Waals surface area contributed by atoms with E-state index in [9.17, 15) is 4.79 Å². The van der Waals surface area contributed by atoms with Crippen LogP contribution in [0.25, 0.3) is 0 Å². The summed E-state index contributed by atoms with van der Waals surface area (Å²) in [6.45, 7) is 1.94. The Morgan fingerprint density at radius 3 is 2.10 bits per heavy atom. The Kier molecular flexibility index (Phi) is 4.46. The van der Waals surface area contributed by atoms with Crippen LogP contribution in [0.2, 0.25) is 0 Å². The van der Waals surface area contributed by atoms with Gasteiger partial charge in [0.25, 0.3) is 0 Å². The van der Waals surface area contributed by atoms with Crippen LogP contribution in [0.15, 0.2) is 48.9 Å². The number of carbonyl (C=O) groups excluding carboxylic acids is 1. The standard InChI is InChI=1S/C16H16N2O3/c1-11-2-4-13(17)15(8-11)20-6-7-21-16-9-12(10-19)3-5-14(16)18/h2-10H,17-18H2,1H3. The van der Waals surface area contributed by atoms with E-state index >= 15 is 0 Å². The Morgan fingerprint density at radius 1 is 0.905 bits per heavy atom. The van der Waals surface area contributed by atoms with Gasteiger partial charge in [0, 0.05) is 5.56 Å². The second-order valence-corrected chi connectivity index (χ2v) is 4.46. The van der Waals surface area contributed by atoms with Crippen LogP contribution in [-0.2, 0) is 0 Å². The van der Waals surface area contributed by atoms with Crippen LogP contribution in [0, 0.1) is 6.92 Å². The van der Waals surface area contributed by atoms with Crippen molar-refractivity contribution in [2.24, 2.45) is 0 Å². The summed E-state index contributed by atoms with van der Waals surface area (Å²) in [5, 5.41) is 0. The van der Waals surface area contributed by atoms with Gasteiger partial charge in [-0.1, -0.05) is 6.07 Å². The molecule has 5 nitrogen and oxygen atoms in total. The molecule has 0 spiro atoms. The van der Waals surface area contributed by atoms with Gasteiger partial charge < -0.3 is 20.9 Å². The van der Waals surface area contributed by atoms with Gasteiger partial charge in [-0.3, -0.25) is 4.79 Å². The average molecular weight is 284 g/mol. The molecule has 0 unspecified atom stereocenters. The summed E-state index contributed by atoms with van der Waals surface area (Å²) < 4.78 is 10.7. The number of aldehydes is 1. The zero-order chi connectivity index (χ0) is 15.2. The van der Waals surface area contributed by atoms with E-state index in [1.165, 1.54) is 12.5 Å². The molecule has 2 aromatic carbocycles. The maximum Gasteiger partial charge on any atom is 0.150 e. The number of nitrogen functional groups attached to an aromatic ring is 2. The first-order chi connectivity index (χ1) is 10.1. The molecule has 0 saturated heterocycles. The van der Waals surface area contributed by atoms with E-state index in [-0.39, 0.29) is 0 Å². The lowest BCUT2D eigenvalue weighted by atomic mass is 10.2. The van der Waals surface area contributed by atoms with E-state index < -0.39 is 0 Å². The summed E-state index contributed by atoms with van der Waals surface area (Å²) >= 11 is 0. The molecule has 5 heteroatoms. The zero-order valence-electron chi connectivity index (χ0n) is 11.6. The highest BCUT2D eigenvalue weighted by Gasteiger charge is 2.01. The van der Waals surface area contributed by atoms with E-state index in [1.807, 2.05) is 19.1 Å². The summed E-state index contributed by atoms with van der Waals surface area (Å²) in [5.41, 5.74) is 14.0. The molecule has 0 heterocycles. The van der Waals surface area contributed by atoms with Crippen LogP contribution >= 0.6 is 0 Å². The molecule has 21 heavy (non-hydrogen) atoms. The number of rotatable bonds is 5. The molecule has 0 fully saturated rings. The van der Waals surface area contributed by atoms with Crippen LogP contribution in [0.4, 0.5) is 11.4 Å². The van der Waals surface area contributed by atoms with Gasteiger partial charge in [-0.15, -0.1) is 0 Å². The van der Waals surface area contributed by atoms with Crippen molar-refractivity contribution in [3.8, 4) is 11.5 Å². The van der Waals surface area contributed by atoms with Crippen molar-refractivity contribution >= 4 is 17.7 Å². The number of hydrogen-bond donors (Lipinski definition) is 2. The lowest BCUT2D eigenvalue weighted by molar-refractivity contribution is 0.112. The van der Waals surface area contributed by atoms with Crippen molar-refractivity contribution in [1.29, 1.82) is 0 Å². The number of aryl methyl sites for hydroxylation is 1. The van der Waals surface area contributed by atoms with Gasteiger partial charge in [0.1, 0.15) is 30.3 Å². The highest BCUT2D eigenvalue weighted by atomic mass is 16.5. The minimum absolute atomic E-state index is 0.386. The van der Waals surface area contributed by atoms with E-state index in [0.717, 1.165) is 11.8 Å². The Hall–Kier alpha value is -2.95. The minimum Gasteiger partial charge on any atom is -0.460 e. The third kappa shape index (κ3) is 3.76. The van der Waals surface area contributed by atoms with Crippen molar-refractivity contribution in [2.75, 3.05) is 11.5 Å². The van der Waals surface area contributed by atoms with Gasteiger partial charge in [0.15, 0.2) is 0 Å². The van der Waals surface area contributed by atoms with Gasteiger partial charge >= 0.3 is 0 Å². The highest BCUT2D eigenvalue weighted by molar-refractivity contribution is 5.77. The molecule has 0 radical (unpaired) electrons. The lowest BCUT2D eigenvalue weighted by Crippen LogP contribution is -1.95. The second-order valence-electron chi connectivity index (χ2n) is 4.46. The Morgan fingerprint density at radius 2 is 1.48 bits per heavy atom. The molecule has 0 amide bonds. The lowest BCUT2D eigenvalue weighted by Gasteiger charge is -2.06. The number of carbonyl (C=O) groups is 1. The molecule has 0 aliphatic rings. The fourth-order valence-electron chi connectivity index (χ4n) is 1.67. The molecule has 0 aliphatic heterocycles. The molecule has 0 bridgehead atoms. The van der Waals surface area contributed by atoms with Crippen molar-refractivity contribution in [1.82, 2.24) is 0 Å². The Balaban J connectivity index is 2.03. The molecular formula is C16H16N2O3. The van der Waals surface area contributed by atoms with Gasteiger partial charge in [-0.05, 0) is 42.8 Å². The smallest absolute Gasteiger partial charge is 0.150 e. The monoisotopic (exact) mass is 284 g/mol. The fourth-order valence-corrected chi connectivity index (χ4v) is 1.67. The van der Waals surface area contributed by atoms with Crippen LogP contribution in [0.1, 0.15) is 15.9 Å². The summed E-state index contributed by atoms with van der Waals surface area (Å²) in [7, 11) is 0. The van der Waals surface area contributed by atoms with Gasteiger partial charge in [-0.25, -0.2) is 0 Å². The van der Waals surface area contributed by atoms with Gasteiger partial charge in [0.2, 0.25) is 0 Å².